The molecule has 0 amide bonds. The highest BCUT2D eigenvalue weighted by atomic mass is 32.2. The second kappa shape index (κ2) is 3.95. The highest BCUT2D eigenvalue weighted by Crippen LogP contribution is 2.50. The molecule has 0 saturated heterocycles. The van der Waals surface area contributed by atoms with Crippen molar-refractivity contribution in [1.29, 1.82) is 0 Å². The predicted molar refractivity (Wildman–Crippen MR) is 62.8 cm³/mol. The molecule has 0 aromatic heterocycles. The zero-order valence-corrected chi connectivity index (χ0v) is 9.44. The van der Waals surface area contributed by atoms with Gasteiger partial charge in [0.2, 0.25) is 0 Å². The van der Waals surface area contributed by atoms with E-state index in [1.807, 2.05) is 0 Å². The number of nitrogens with two attached hydrogens (primary N) is 1. The molecule has 2 heteroatoms. The predicted octanol–water partition coefficient (Wildman–Crippen LogP) is 2.79. The van der Waals surface area contributed by atoms with Gasteiger partial charge in [-0.1, -0.05) is 12.1 Å². The first-order valence-electron chi connectivity index (χ1n) is 5.15. The summed E-state index contributed by atoms with van der Waals surface area (Å²) in [5.41, 5.74) is 7.58. The van der Waals surface area contributed by atoms with Crippen molar-refractivity contribution >= 4 is 11.8 Å². The summed E-state index contributed by atoms with van der Waals surface area (Å²) >= 11 is 1.80. The Hall–Kier alpha value is -0.470. The summed E-state index contributed by atoms with van der Waals surface area (Å²) in [4.78, 5) is 1.34. The first kappa shape index (κ1) is 10.1. The van der Waals surface area contributed by atoms with E-state index in [0.717, 1.165) is 13.0 Å². The highest BCUT2D eigenvalue weighted by molar-refractivity contribution is 7.98. The molecule has 1 nitrogen and oxygen atoms in total. The van der Waals surface area contributed by atoms with Crippen molar-refractivity contribution < 1.29 is 0 Å². The fraction of sp³-hybridized carbons (Fsp3) is 0.500. The third kappa shape index (κ3) is 1.82. The summed E-state index contributed by atoms with van der Waals surface area (Å²) < 4.78 is 0. The van der Waals surface area contributed by atoms with Crippen molar-refractivity contribution in [1.82, 2.24) is 0 Å². The van der Waals surface area contributed by atoms with Crippen molar-refractivity contribution in [3.05, 3.63) is 29.8 Å². The standard InChI is InChI=1S/C12H17NS/c1-14-11-4-2-10(3-5-11)12(6-7-12)8-9-13/h2-5H,6-9,13H2,1H3. The highest BCUT2D eigenvalue weighted by Gasteiger charge is 2.42. The Morgan fingerprint density at radius 1 is 1.29 bits per heavy atom. The Labute approximate surface area is 90.1 Å². The minimum Gasteiger partial charge on any atom is -0.330 e. The minimum atomic E-state index is 0.450. The van der Waals surface area contributed by atoms with Gasteiger partial charge in [0.25, 0.3) is 0 Å². The maximum atomic E-state index is 5.64. The molecule has 2 rings (SSSR count). The second-order valence-corrected chi connectivity index (χ2v) is 4.93. The molecule has 1 aliphatic carbocycles. The van der Waals surface area contributed by atoms with Gasteiger partial charge in [0.1, 0.15) is 0 Å². The van der Waals surface area contributed by atoms with E-state index < -0.39 is 0 Å². The Kier molecular flexibility index (Phi) is 2.84. The average molecular weight is 207 g/mol. The van der Waals surface area contributed by atoms with Gasteiger partial charge < -0.3 is 5.73 Å². The smallest absolute Gasteiger partial charge is 0.00693 e. The molecule has 0 radical (unpaired) electrons. The van der Waals surface area contributed by atoms with Gasteiger partial charge >= 0.3 is 0 Å². The molecule has 1 aromatic rings. The van der Waals surface area contributed by atoms with Crippen LogP contribution in [0.25, 0.3) is 0 Å². The van der Waals surface area contributed by atoms with Gasteiger partial charge in [-0.15, -0.1) is 11.8 Å². The largest absolute Gasteiger partial charge is 0.330 e. The number of rotatable bonds is 4. The summed E-state index contributed by atoms with van der Waals surface area (Å²) in [6.45, 7) is 0.810. The van der Waals surface area contributed by atoms with Crippen LogP contribution in [0.15, 0.2) is 29.2 Å². The molecular weight excluding hydrogens is 190 g/mol. The summed E-state index contributed by atoms with van der Waals surface area (Å²) in [5, 5.41) is 0. The molecule has 76 valence electrons. The number of benzene rings is 1. The lowest BCUT2D eigenvalue weighted by molar-refractivity contribution is 0.628. The van der Waals surface area contributed by atoms with Crippen LogP contribution >= 0.6 is 11.8 Å². The van der Waals surface area contributed by atoms with Crippen molar-refractivity contribution in [3.63, 3.8) is 0 Å². The Bertz CT molecular complexity index is 301. The van der Waals surface area contributed by atoms with E-state index >= 15 is 0 Å². The fourth-order valence-corrected chi connectivity index (χ4v) is 2.46. The first-order chi connectivity index (χ1) is 6.80. The third-order valence-corrected chi connectivity index (χ3v) is 3.92. The topological polar surface area (TPSA) is 26.0 Å². The van der Waals surface area contributed by atoms with Crippen molar-refractivity contribution in [3.8, 4) is 0 Å². The van der Waals surface area contributed by atoms with Crippen LogP contribution in [-0.2, 0) is 5.41 Å². The van der Waals surface area contributed by atoms with E-state index in [2.05, 4.69) is 30.5 Å². The number of hydrogen-bond acceptors (Lipinski definition) is 2. The van der Waals surface area contributed by atoms with Crippen LogP contribution in [-0.4, -0.2) is 12.8 Å². The molecule has 1 fully saturated rings. The van der Waals surface area contributed by atoms with Crippen LogP contribution in [0.5, 0.6) is 0 Å². The SMILES string of the molecule is CSc1ccc(C2(CCN)CC2)cc1. The fourth-order valence-electron chi connectivity index (χ4n) is 2.05. The van der Waals surface area contributed by atoms with Gasteiger partial charge in [0.05, 0.1) is 0 Å². The molecule has 0 bridgehead atoms. The first-order valence-corrected chi connectivity index (χ1v) is 6.38. The van der Waals surface area contributed by atoms with Crippen LogP contribution in [0, 0.1) is 0 Å². The third-order valence-electron chi connectivity index (χ3n) is 3.18. The minimum absolute atomic E-state index is 0.450. The molecule has 1 aromatic carbocycles. The van der Waals surface area contributed by atoms with Crippen molar-refractivity contribution in [2.75, 3.05) is 12.8 Å². The van der Waals surface area contributed by atoms with Crippen LogP contribution in [0.4, 0.5) is 0 Å². The van der Waals surface area contributed by atoms with Gasteiger partial charge in [-0.25, -0.2) is 0 Å². The zero-order chi connectivity index (χ0) is 10.0. The molecule has 1 saturated carbocycles. The normalized spacial score (nSPS) is 18.1. The molecule has 14 heavy (non-hydrogen) atoms. The summed E-state index contributed by atoms with van der Waals surface area (Å²) in [7, 11) is 0. The molecule has 0 spiro atoms. The van der Waals surface area contributed by atoms with E-state index in [1.54, 1.807) is 11.8 Å². The van der Waals surface area contributed by atoms with E-state index in [0.29, 0.717) is 5.41 Å². The van der Waals surface area contributed by atoms with Crippen molar-refractivity contribution in [2.45, 2.75) is 29.6 Å². The van der Waals surface area contributed by atoms with Gasteiger partial charge in [0, 0.05) is 4.90 Å². The second-order valence-electron chi connectivity index (χ2n) is 4.05. The zero-order valence-electron chi connectivity index (χ0n) is 8.62. The number of thioether (sulfide) groups is 1. The lowest BCUT2D eigenvalue weighted by Crippen LogP contribution is -2.13. The van der Waals surface area contributed by atoms with E-state index in [-0.39, 0.29) is 0 Å². The summed E-state index contributed by atoms with van der Waals surface area (Å²) in [5.74, 6) is 0. The Morgan fingerprint density at radius 3 is 2.36 bits per heavy atom. The summed E-state index contributed by atoms with van der Waals surface area (Å²) in [6.07, 6.45) is 5.90. The number of hydrogen-bond donors (Lipinski definition) is 1. The maximum Gasteiger partial charge on any atom is 0.00693 e. The van der Waals surface area contributed by atoms with Crippen molar-refractivity contribution in [2.24, 2.45) is 5.73 Å². The lowest BCUT2D eigenvalue weighted by atomic mass is 9.93. The van der Waals surface area contributed by atoms with E-state index in [1.165, 1.54) is 23.3 Å². The molecule has 1 aliphatic rings. The van der Waals surface area contributed by atoms with E-state index in [9.17, 15) is 0 Å². The quantitative estimate of drug-likeness (QED) is 0.768. The van der Waals surface area contributed by atoms with Gasteiger partial charge in [0.15, 0.2) is 0 Å². The van der Waals surface area contributed by atoms with Crippen LogP contribution in [0.1, 0.15) is 24.8 Å². The van der Waals surface area contributed by atoms with Crippen LogP contribution in [0.2, 0.25) is 0 Å². The molecule has 0 unspecified atom stereocenters. The molecule has 0 heterocycles. The molecular formula is C12H17NS. The van der Waals surface area contributed by atoms with Gasteiger partial charge in [-0.2, -0.15) is 0 Å². The molecule has 2 N–H and O–H groups in total. The Balaban J connectivity index is 2.16. The average Bonchev–Trinajstić information content (AvgIpc) is 3.00. The molecule has 0 aliphatic heterocycles. The molecule has 0 atom stereocenters. The van der Waals surface area contributed by atoms with Gasteiger partial charge in [-0.3, -0.25) is 0 Å². The van der Waals surface area contributed by atoms with Crippen LogP contribution in [0.3, 0.4) is 0 Å². The monoisotopic (exact) mass is 207 g/mol. The van der Waals surface area contributed by atoms with E-state index in [4.69, 9.17) is 5.73 Å². The van der Waals surface area contributed by atoms with Crippen LogP contribution < -0.4 is 5.73 Å². The maximum absolute atomic E-state index is 5.64. The lowest BCUT2D eigenvalue weighted by Gasteiger charge is -2.14. The summed E-state index contributed by atoms with van der Waals surface area (Å²) in [6, 6.07) is 8.98. The van der Waals surface area contributed by atoms with Gasteiger partial charge in [-0.05, 0) is 55.2 Å². The Morgan fingerprint density at radius 2 is 1.93 bits per heavy atom.